The molecule has 0 bridgehead atoms. The Morgan fingerprint density at radius 2 is 2.00 bits per heavy atom. The molecular weight excluding hydrogens is 222 g/mol. The summed E-state index contributed by atoms with van der Waals surface area (Å²) in [5.74, 6) is 2.99. The number of fused-ring (bicyclic) bond motifs is 1. The van der Waals surface area contributed by atoms with Crippen LogP contribution in [0.5, 0.6) is 0 Å². The largest absolute Gasteiger partial charge is 0.356 e. The monoisotopic (exact) mass is 245 g/mol. The SMILES string of the molecule is CCc1cc(CN)cc(N2CC3CCCC3C2)n1. The Morgan fingerprint density at radius 1 is 1.28 bits per heavy atom. The molecule has 1 aliphatic heterocycles. The maximum Gasteiger partial charge on any atom is 0.129 e. The summed E-state index contributed by atoms with van der Waals surface area (Å²) in [4.78, 5) is 7.26. The summed E-state index contributed by atoms with van der Waals surface area (Å²) < 4.78 is 0. The van der Waals surface area contributed by atoms with E-state index in [-0.39, 0.29) is 0 Å². The third-order valence-corrected chi connectivity index (χ3v) is 4.57. The Bertz CT molecular complexity index is 395. The average molecular weight is 245 g/mol. The van der Waals surface area contributed by atoms with Crippen molar-refractivity contribution in [2.45, 2.75) is 39.2 Å². The number of pyridine rings is 1. The lowest BCUT2D eigenvalue weighted by atomic mass is 10.0. The number of nitrogens with zero attached hydrogens (tertiary/aromatic N) is 2. The molecule has 0 aromatic carbocycles. The first-order valence-electron chi connectivity index (χ1n) is 7.25. The molecule has 0 radical (unpaired) electrons. The van der Waals surface area contributed by atoms with Crippen molar-refractivity contribution in [1.29, 1.82) is 0 Å². The lowest BCUT2D eigenvalue weighted by molar-refractivity contribution is 0.494. The summed E-state index contributed by atoms with van der Waals surface area (Å²) in [7, 11) is 0. The number of hydrogen-bond acceptors (Lipinski definition) is 3. The third-order valence-electron chi connectivity index (χ3n) is 4.57. The van der Waals surface area contributed by atoms with E-state index in [0.717, 1.165) is 24.1 Å². The smallest absolute Gasteiger partial charge is 0.129 e. The normalized spacial score (nSPS) is 26.7. The van der Waals surface area contributed by atoms with Crippen molar-refractivity contribution in [3.63, 3.8) is 0 Å². The minimum Gasteiger partial charge on any atom is -0.356 e. The fourth-order valence-corrected chi connectivity index (χ4v) is 3.52. The topological polar surface area (TPSA) is 42.1 Å². The Kier molecular flexibility index (Phi) is 3.25. The van der Waals surface area contributed by atoms with Crippen molar-refractivity contribution < 1.29 is 0 Å². The second kappa shape index (κ2) is 4.88. The molecule has 2 heterocycles. The predicted molar refractivity (Wildman–Crippen MR) is 74.6 cm³/mol. The van der Waals surface area contributed by atoms with Gasteiger partial charge in [-0.1, -0.05) is 13.3 Å². The summed E-state index contributed by atoms with van der Waals surface area (Å²) in [5, 5.41) is 0. The Balaban J connectivity index is 1.83. The van der Waals surface area contributed by atoms with E-state index < -0.39 is 0 Å². The van der Waals surface area contributed by atoms with Crippen LogP contribution in [0.3, 0.4) is 0 Å². The van der Waals surface area contributed by atoms with Gasteiger partial charge in [-0.25, -0.2) is 4.98 Å². The fourth-order valence-electron chi connectivity index (χ4n) is 3.52. The number of aromatic nitrogens is 1. The van der Waals surface area contributed by atoms with E-state index in [4.69, 9.17) is 10.7 Å². The summed E-state index contributed by atoms with van der Waals surface area (Å²) in [5.41, 5.74) is 8.17. The number of anilines is 1. The van der Waals surface area contributed by atoms with E-state index in [9.17, 15) is 0 Å². The molecule has 2 N–H and O–H groups in total. The molecule has 2 fully saturated rings. The molecule has 3 heteroatoms. The minimum absolute atomic E-state index is 0.614. The van der Waals surface area contributed by atoms with Gasteiger partial charge < -0.3 is 10.6 Å². The molecule has 0 amide bonds. The summed E-state index contributed by atoms with van der Waals surface area (Å²) in [6.07, 6.45) is 5.25. The van der Waals surface area contributed by atoms with E-state index >= 15 is 0 Å². The average Bonchev–Trinajstić information content (AvgIpc) is 2.98. The maximum atomic E-state index is 5.79. The molecule has 2 aliphatic rings. The van der Waals surface area contributed by atoms with Crippen molar-refractivity contribution in [3.8, 4) is 0 Å². The van der Waals surface area contributed by atoms with Gasteiger partial charge in [0.05, 0.1) is 0 Å². The van der Waals surface area contributed by atoms with Crippen molar-refractivity contribution in [2.24, 2.45) is 17.6 Å². The van der Waals surface area contributed by atoms with E-state index in [2.05, 4.69) is 24.0 Å². The molecule has 1 aliphatic carbocycles. The second-order valence-corrected chi connectivity index (χ2v) is 5.74. The lowest BCUT2D eigenvalue weighted by Crippen LogP contribution is -2.22. The summed E-state index contributed by atoms with van der Waals surface area (Å²) in [6.45, 7) is 5.18. The number of rotatable bonds is 3. The van der Waals surface area contributed by atoms with Crippen molar-refractivity contribution in [1.82, 2.24) is 4.98 Å². The standard InChI is InChI=1S/C15H23N3/c1-2-14-6-11(8-16)7-15(17-14)18-9-12-4-3-5-13(12)10-18/h6-7,12-13H,2-5,8-10,16H2,1H3. The van der Waals surface area contributed by atoms with Crippen LogP contribution in [0.15, 0.2) is 12.1 Å². The van der Waals surface area contributed by atoms with Crippen LogP contribution in [0.1, 0.15) is 37.4 Å². The van der Waals surface area contributed by atoms with E-state index in [1.165, 1.54) is 43.6 Å². The zero-order chi connectivity index (χ0) is 12.5. The number of hydrogen-bond donors (Lipinski definition) is 1. The van der Waals surface area contributed by atoms with Crippen LogP contribution in [0.25, 0.3) is 0 Å². The van der Waals surface area contributed by atoms with Gasteiger partial charge >= 0.3 is 0 Å². The molecule has 3 rings (SSSR count). The van der Waals surface area contributed by atoms with Gasteiger partial charge in [0.1, 0.15) is 5.82 Å². The second-order valence-electron chi connectivity index (χ2n) is 5.74. The first kappa shape index (κ1) is 12.0. The minimum atomic E-state index is 0.614. The van der Waals surface area contributed by atoms with Gasteiger partial charge in [0.2, 0.25) is 0 Å². The molecular formula is C15H23N3. The molecule has 18 heavy (non-hydrogen) atoms. The number of aryl methyl sites for hydroxylation is 1. The lowest BCUT2D eigenvalue weighted by Gasteiger charge is -2.20. The van der Waals surface area contributed by atoms with E-state index in [1.54, 1.807) is 0 Å². The Morgan fingerprint density at radius 3 is 2.61 bits per heavy atom. The molecule has 98 valence electrons. The molecule has 1 aromatic heterocycles. The quantitative estimate of drug-likeness (QED) is 0.888. The van der Waals surface area contributed by atoms with Gasteiger partial charge in [-0.2, -0.15) is 0 Å². The molecule has 1 saturated carbocycles. The zero-order valence-corrected chi connectivity index (χ0v) is 11.2. The van der Waals surface area contributed by atoms with Crippen LogP contribution in [-0.4, -0.2) is 18.1 Å². The highest BCUT2D eigenvalue weighted by molar-refractivity contribution is 5.44. The predicted octanol–water partition coefficient (Wildman–Crippen LogP) is 2.34. The Hall–Kier alpha value is -1.09. The highest BCUT2D eigenvalue weighted by Crippen LogP contribution is 2.39. The summed E-state index contributed by atoms with van der Waals surface area (Å²) in [6, 6.07) is 4.32. The van der Waals surface area contributed by atoms with E-state index in [0.29, 0.717) is 6.54 Å². The van der Waals surface area contributed by atoms with Crippen LogP contribution < -0.4 is 10.6 Å². The Labute approximate surface area is 109 Å². The van der Waals surface area contributed by atoms with Gasteiger partial charge in [-0.05, 0) is 48.8 Å². The van der Waals surface area contributed by atoms with Crippen LogP contribution in [0, 0.1) is 11.8 Å². The highest BCUT2D eigenvalue weighted by Gasteiger charge is 2.36. The van der Waals surface area contributed by atoms with Crippen LogP contribution in [0.4, 0.5) is 5.82 Å². The van der Waals surface area contributed by atoms with Crippen LogP contribution in [0.2, 0.25) is 0 Å². The van der Waals surface area contributed by atoms with Crippen molar-refractivity contribution in [3.05, 3.63) is 23.4 Å². The van der Waals surface area contributed by atoms with Gasteiger partial charge in [0.25, 0.3) is 0 Å². The van der Waals surface area contributed by atoms with E-state index in [1.807, 2.05) is 0 Å². The first-order chi connectivity index (χ1) is 8.80. The fraction of sp³-hybridized carbons (Fsp3) is 0.667. The van der Waals surface area contributed by atoms with Crippen LogP contribution >= 0.6 is 0 Å². The van der Waals surface area contributed by atoms with Crippen LogP contribution in [-0.2, 0) is 13.0 Å². The highest BCUT2D eigenvalue weighted by atomic mass is 15.2. The zero-order valence-electron chi connectivity index (χ0n) is 11.2. The van der Waals surface area contributed by atoms with Gasteiger partial charge in [-0.3, -0.25) is 0 Å². The number of nitrogens with two attached hydrogens (primary N) is 1. The molecule has 1 aromatic rings. The third kappa shape index (κ3) is 2.12. The first-order valence-corrected chi connectivity index (χ1v) is 7.25. The molecule has 0 spiro atoms. The van der Waals surface area contributed by atoms with Crippen molar-refractivity contribution >= 4 is 5.82 Å². The molecule has 2 atom stereocenters. The van der Waals surface area contributed by atoms with Crippen molar-refractivity contribution in [2.75, 3.05) is 18.0 Å². The summed E-state index contributed by atoms with van der Waals surface area (Å²) >= 11 is 0. The van der Waals surface area contributed by atoms with Gasteiger partial charge in [0.15, 0.2) is 0 Å². The van der Waals surface area contributed by atoms with Gasteiger partial charge in [-0.15, -0.1) is 0 Å². The molecule has 1 saturated heterocycles. The molecule has 3 nitrogen and oxygen atoms in total. The van der Waals surface area contributed by atoms with Gasteiger partial charge in [0, 0.05) is 25.3 Å². The maximum absolute atomic E-state index is 5.79. The molecule has 2 unspecified atom stereocenters.